The highest BCUT2D eigenvalue weighted by molar-refractivity contribution is 5.94. The zero-order valence-corrected chi connectivity index (χ0v) is 29.2. The molecule has 0 saturated carbocycles. The van der Waals surface area contributed by atoms with Gasteiger partial charge in [-0.25, -0.2) is 0 Å². The lowest BCUT2D eigenvalue weighted by molar-refractivity contribution is -0.134. The molecule has 0 saturated heterocycles. The van der Waals surface area contributed by atoms with Gasteiger partial charge in [0.1, 0.15) is 11.9 Å². The molecule has 2 heterocycles. The van der Waals surface area contributed by atoms with Crippen molar-refractivity contribution in [3.8, 4) is 17.2 Å². The molecule has 0 aliphatic carbocycles. The third-order valence-electron chi connectivity index (χ3n) is 9.12. The first-order valence-corrected chi connectivity index (χ1v) is 17.3. The van der Waals surface area contributed by atoms with Crippen LogP contribution in [-0.4, -0.2) is 78.3 Å². The van der Waals surface area contributed by atoms with Crippen molar-refractivity contribution in [3.05, 3.63) is 71.8 Å². The number of hydrogen-bond donors (Lipinski definition) is 4. The molecule has 0 radical (unpaired) electrons. The average Bonchev–Trinajstić information content (AvgIpc) is 3.57. The quantitative estimate of drug-likeness (QED) is 0.138. The predicted octanol–water partition coefficient (Wildman–Crippen LogP) is 4.81. The number of benzene rings is 3. The molecule has 0 spiro atoms. The molecule has 0 unspecified atom stereocenters. The minimum atomic E-state index is -0.357. The fraction of sp³-hybridized carbons (Fsp3) is 0.447. The van der Waals surface area contributed by atoms with E-state index in [2.05, 4.69) is 22.5 Å². The minimum absolute atomic E-state index is 0.0416. The van der Waals surface area contributed by atoms with Gasteiger partial charge in [0.2, 0.25) is 24.5 Å². The summed E-state index contributed by atoms with van der Waals surface area (Å²) in [4.78, 5) is 42.6. The number of anilines is 3. The van der Waals surface area contributed by atoms with E-state index >= 15 is 0 Å². The van der Waals surface area contributed by atoms with Crippen molar-refractivity contribution in [2.45, 2.75) is 71.1 Å². The van der Waals surface area contributed by atoms with Gasteiger partial charge in [0, 0.05) is 49.6 Å². The fourth-order valence-electron chi connectivity index (χ4n) is 6.24. The van der Waals surface area contributed by atoms with Crippen LogP contribution >= 0.6 is 0 Å². The molecule has 50 heavy (non-hydrogen) atoms. The molecule has 3 amide bonds. The van der Waals surface area contributed by atoms with Crippen LogP contribution in [0.2, 0.25) is 0 Å². The van der Waals surface area contributed by atoms with E-state index in [9.17, 15) is 19.5 Å². The number of amides is 3. The summed E-state index contributed by atoms with van der Waals surface area (Å²) in [6.07, 6.45) is 2.46. The van der Waals surface area contributed by atoms with Crippen molar-refractivity contribution in [2.75, 3.05) is 49.9 Å². The molecule has 12 nitrogen and oxygen atoms in total. The molecule has 5 N–H and O–H groups in total. The third kappa shape index (κ3) is 9.88. The first-order valence-electron chi connectivity index (χ1n) is 17.3. The number of fused-ring (bicyclic) bond motifs is 2. The molecule has 0 bridgehead atoms. The van der Waals surface area contributed by atoms with E-state index in [1.54, 1.807) is 29.2 Å². The standard InChI is InChI=1S/C38H49N5O7/c1-25-20-43(26(2)23-44)38(47)19-28-18-29(40-36(45)11-5-4-6-12-37(46)41-31-10-8-7-9-30(31)39)14-16-32(28)50-35(25)22-42(3)21-27-13-15-33-34(17-27)49-24-48-33/h7-10,13-18,25-26,35,44H,4-6,11-12,19-24,39H2,1-3H3,(H,40,45)(H,41,46)/t25-,26-,35+/m0/s1. The van der Waals surface area contributed by atoms with Crippen LogP contribution in [0.3, 0.4) is 0 Å². The van der Waals surface area contributed by atoms with Gasteiger partial charge in [0.05, 0.1) is 30.4 Å². The van der Waals surface area contributed by atoms with E-state index in [-0.39, 0.29) is 55.6 Å². The Morgan fingerprint density at radius 1 is 0.980 bits per heavy atom. The maximum absolute atomic E-state index is 13.6. The number of hydrogen-bond acceptors (Lipinski definition) is 9. The van der Waals surface area contributed by atoms with Crippen molar-refractivity contribution in [1.29, 1.82) is 0 Å². The van der Waals surface area contributed by atoms with E-state index in [0.29, 0.717) is 73.7 Å². The molecule has 12 heteroatoms. The number of likely N-dealkylation sites (N-methyl/N-ethyl adjacent to an activating group) is 1. The van der Waals surface area contributed by atoms with Crippen LogP contribution in [-0.2, 0) is 27.3 Å². The molecule has 3 aromatic carbocycles. The number of unbranched alkanes of at least 4 members (excludes halogenated alkanes) is 2. The Balaban J connectivity index is 1.19. The van der Waals surface area contributed by atoms with Crippen LogP contribution < -0.4 is 30.6 Å². The Hall–Kier alpha value is -4.81. The van der Waals surface area contributed by atoms with Crippen LogP contribution in [0.15, 0.2) is 60.7 Å². The smallest absolute Gasteiger partial charge is 0.231 e. The van der Waals surface area contributed by atoms with Crippen LogP contribution in [0, 0.1) is 5.92 Å². The summed E-state index contributed by atoms with van der Waals surface area (Å²) in [5.74, 6) is 1.67. The van der Waals surface area contributed by atoms with Crippen molar-refractivity contribution >= 4 is 34.8 Å². The van der Waals surface area contributed by atoms with Crippen molar-refractivity contribution in [2.24, 2.45) is 5.92 Å². The Labute approximate surface area is 293 Å². The highest BCUT2D eigenvalue weighted by atomic mass is 16.7. The predicted molar refractivity (Wildman–Crippen MR) is 192 cm³/mol. The summed E-state index contributed by atoms with van der Waals surface area (Å²) in [7, 11) is 2.03. The average molecular weight is 688 g/mol. The fourth-order valence-corrected chi connectivity index (χ4v) is 6.24. The lowest BCUT2D eigenvalue weighted by Crippen LogP contribution is -2.47. The van der Waals surface area contributed by atoms with Gasteiger partial charge in [-0.1, -0.05) is 31.5 Å². The summed E-state index contributed by atoms with van der Waals surface area (Å²) >= 11 is 0. The Morgan fingerprint density at radius 3 is 2.46 bits per heavy atom. The van der Waals surface area contributed by atoms with Gasteiger partial charge in [-0.3, -0.25) is 19.3 Å². The van der Waals surface area contributed by atoms with Gasteiger partial charge in [0.15, 0.2) is 11.5 Å². The lowest BCUT2D eigenvalue weighted by Gasteiger charge is -2.34. The number of aliphatic hydroxyl groups is 1. The van der Waals surface area contributed by atoms with E-state index < -0.39 is 0 Å². The maximum Gasteiger partial charge on any atom is 0.231 e. The molecule has 3 aromatic rings. The van der Waals surface area contributed by atoms with Crippen LogP contribution in [0.4, 0.5) is 17.1 Å². The molecule has 0 fully saturated rings. The second kappa shape index (κ2) is 17.2. The van der Waals surface area contributed by atoms with Gasteiger partial charge >= 0.3 is 0 Å². The number of aliphatic hydroxyl groups excluding tert-OH is 1. The second-order valence-corrected chi connectivity index (χ2v) is 13.3. The molecule has 0 aromatic heterocycles. The summed E-state index contributed by atoms with van der Waals surface area (Å²) in [6.45, 7) is 5.66. The highest BCUT2D eigenvalue weighted by Gasteiger charge is 2.31. The zero-order valence-electron chi connectivity index (χ0n) is 29.2. The van der Waals surface area contributed by atoms with Crippen LogP contribution in [0.25, 0.3) is 0 Å². The number of rotatable bonds is 14. The molecule has 2 aliphatic heterocycles. The monoisotopic (exact) mass is 687 g/mol. The Bertz CT molecular complexity index is 1650. The first kappa shape index (κ1) is 36.5. The molecular formula is C38H49N5O7. The van der Waals surface area contributed by atoms with Gasteiger partial charge in [-0.15, -0.1) is 0 Å². The van der Waals surface area contributed by atoms with Crippen LogP contribution in [0.1, 0.15) is 57.1 Å². The topological polar surface area (TPSA) is 156 Å². The van der Waals surface area contributed by atoms with Gasteiger partial charge in [-0.2, -0.15) is 0 Å². The largest absolute Gasteiger partial charge is 0.488 e. The van der Waals surface area contributed by atoms with Crippen molar-refractivity contribution in [3.63, 3.8) is 0 Å². The van der Waals surface area contributed by atoms with E-state index in [4.69, 9.17) is 19.9 Å². The minimum Gasteiger partial charge on any atom is -0.488 e. The normalized spacial score (nSPS) is 17.6. The van der Waals surface area contributed by atoms with Crippen molar-refractivity contribution < 1.29 is 33.7 Å². The number of carbonyl (C=O) groups excluding carboxylic acids is 3. The number of carbonyl (C=O) groups is 3. The van der Waals surface area contributed by atoms with Gasteiger partial charge in [0.25, 0.3) is 0 Å². The number of para-hydroxylation sites is 2. The summed E-state index contributed by atoms with van der Waals surface area (Å²) < 4.78 is 17.7. The first-order chi connectivity index (χ1) is 24.1. The molecular weight excluding hydrogens is 638 g/mol. The number of ether oxygens (including phenoxy) is 3. The van der Waals surface area contributed by atoms with Crippen LogP contribution in [0.5, 0.6) is 17.2 Å². The molecule has 2 aliphatic rings. The van der Waals surface area contributed by atoms with E-state index in [0.717, 1.165) is 23.5 Å². The number of nitrogen functional groups attached to an aromatic ring is 1. The molecule has 268 valence electrons. The second-order valence-electron chi connectivity index (χ2n) is 13.3. The summed E-state index contributed by atoms with van der Waals surface area (Å²) in [5.41, 5.74) is 9.34. The Morgan fingerprint density at radius 2 is 1.70 bits per heavy atom. The number of nitrogens with zero attached hydrogens (tertiary/aromatic N) is 2. The SMILES string of the molecule is C[C@H]1CN([C@@H](C)CO)C(=O)Cc2cc(NC(=O)CCCCCC(=O)Nc3ccccc3N)ccc2O[C@@H]1CN(C)Cc1ccc2c(c1)OCO2. The summed E-state index contributed by atoms with van der Waals surface area (Å²) in [5, 5.41) is 15.8. The Kier molecular flexibility index (Phi) is 12.6. The van der Waals surface area contributed by atoms with E-state index in [1.807, 2.05) is 50.4 Å². The molecule has 5 rings (SSSR count). The third-order valence-corrected chi connectivity index (χ3v) is 9.12. The number of nitrogens with two attached hydrogens (primary N) is 1. The number of nitrogens with one attached hydrogen (secondary N) is 2. The lowest BCUT2D eigenvalue weighted by atomic mass is 10.0. The molecule has 3 atom stereocenters. The summed E-state index contributed by atoms with van der Waals surface area (Å²) in [6, 6.07) is 18.1. The van der Waals surface area contributed by atoms with Gasteiger partial charge in [-0.05, 0) is 74.8 Å². The highest BCUT2D eigenvalue weighted by Crippen LogP contribution is 2.33. The van der Waals surface area contributed by atoms with Gasteiger partial charge < -0.3 is 40.6 Å². The van der Waals surface area contributed by atoms with E-state index in [1.165, 1.54) is 0 Å². The van der Waals surface area contributed by atoms with Crippen molar-refractivity contribution in [1.82, 2.24) is 9.80 Å². The maximum atomic E-state index is 13.6. The zero-order chi connectivity index (χ0) is 35.6.